The summed E-state index contributed by atoms with van der Waals surface area (Å²) in [6.07, 6.45) is 2.36. The molecule has 25 heavy (non-hydrogen) atoms. The minimum Gasteiger partial charge on any atom is -0.481 e. The van der Waals surface area contributed by atoms with Gasteiger partial charge < -0.3 is 15.9 Å². The predicted octanol–water partition coefficient (Wildman–Crippen LogP) is -0.333. The molecule has 0 atom stereocenters. The van der Waals surface area contributed by atoms with Crippen molar-refractivity contribution < 1.29 is 19.8 Å². The minimum atomic E-state index is -0.833. The lowest BCUT2D eigenvalue weighted by atomic mass is 10.2. The summed E-state index contributed by atoms with van der Waals surface area (Å²) in [5.41, 5.74) is 7.06. The summed E-state index contributed by atoms with van der Waals surface area (Å²) in [5, 5.41) is 25.2. The molecule has 0 aromatic carbocycles. The first-order valence-corrected chi connectivity index (χ1v) is 7.88. The fourth-order valence-corrected chi connectivity index (χ4v) is 2.41. The molecule has 2 heterocycles. The zero-order chi connectivity index (χ0) is 18.6. The lowest BCUT2D eigenvalue weighted by Crippen LogP contribution is -2.15. The second kappa shape index (κ2) is 7.88. The van der Waals surface area contributed by atoms with Crippen molar-refractivity contribution in [3.63, 3.8) is 0 Å². The topological polar surface area (TPSA) is 149 Å². The van der Waals surface area contributed by atoms with Crippen LogP contribution in [0.3, 0.4) is 0 Å². The number of carbonyl (C=O) groups is 2. The highest BCUT2D eigenvalue weighted by molar-refractivity contribution is 5.75. The molecule has 10 heteroatoms. The van der Waals surface area contributed by atoms with Gasteiger partial charge in [-0.05, 0) is 18.9 Å². The van der Waals surface area contributed by atoms with Gasteiger partial charge in [-0.15, -0.1) is 0 Å². The SMILES string of the molecule is CC(=O)O.Cn1nc(-c2nc(CC(N)=O)nn2CCO)cc1C1CC1. The van der Waals surface area contributed by atoms with Crippen molar-refractivity contribution in [3.05, 3.63) is 17.6 Å². The number of aromatic nitrogens is 5. The number of rotatable bonds is 6. The summed E-state index contributed by atoms with van der Waals surface area (Å²) in [5.74, 6) is 0.172. The molecule has 2 aromatic heterocycles. The van der Waals surface area contributed by atoms with Gasteiger partial charge in [-0.2, -0.15) is 10.2 Å². The van der Waals surface area contributed by atoms with Gasteiger partial charge in [-0.3, -0.25) is 14.3 Å². The Kier molecular flexibility index (Phi) is 5.86. The predicted molar refractivity (Wildman–Crippen MR) is 87.5 cm³/mol. The van der Waals surface area contributed by atoms with E-state index >= 15 is 0 Å². The van der Waals surface area contributed by atoms with Crippen molar-refractivity contribution in [2.75, 3.05) is 6.61 Å². The van der Waals surface area contributed by atoms with Crippen molar-refractivity contribution in [3.8, 4) is 11.5 Å². The van der Waals surface area contributed by atoms with E-state index in [0.717, 1.165) is 6.92 Å². The van der Waals surface area contributed by atoms with E-state index < -0.39 is 11.9 Å². The van der Waals surface area contributed by atoms with E-state index in [9.17, 15) is 4.79 Å². The molecule has 0 bridgehead atoms. The van der Waals surface area contributed by atoms with E-state index in [1.165, 1.54) is 18.5 Å². The molecule has 0 spiro atoms. The van der Waals surface area contributed by atoms with Crippen LogP contribution < -0.4 is 5.73 Å². The zero-order valence-electron chi connectivity index (χ0n) is 14.2. The van der Waals surface area contributed by atoms with Crippen LogP contribution in [0.5, 0.6) is 0 Å². The molecular weight excluding hydrogens is 328 g/mol. The lowest BCUT2D eigenvalue weighted by molar-refractivity contribution is -0.134. The Hall–Kier alpha value is -2.75. The van der Waals surface area contributed by atoms with Gasteiger partial charge >= 0.3 is 0 Å². The zero-order valence-corrected chi connectivity index (χ0v) is 14.2. The monoisotopic (exact) mass is 350 g/mol. The van der Waals surface area contributed by atoms with Crippen molar-refractivity contribution in [1.82, 2.24) is 24.5 Å². The number of carboxylic acids is 1. The number of carbonyl (C=O) groups excluding carboxylic acids is 1. The Morgan fingerprint density at radius 1 is 1.36 bits per heavy atom. The molecule has 3 rings (SSSR count). The van der Waals surface area contributed by atoms with Gasteiger partial charge in [0.1, 0.15) is 5.69 Å². The van der Waals surface area contributed by atoms with E-state index in [2.05, 4.69) is 15.2 Å². The fraction of sp³-hybridized carbons (Fsp3) is 0.533. The number of primary amides is 1. The summed E-state index contributed by atoms with van der Waals surface area (Å²) in [7, 11) is 1.91. The van der Waals surface area contributed by atoms with E-state index in [0.29, 0.717) is 29.8 Å². The maximum absolute atomic E-state index is 11.0. The van der Waals surface area contributed by atoms with Crippen LogP contribution in [0, 0.1) is 0 Å². The van der Waals surface area contributed by atoms with E-state index in [-0.39, 0.29) is 13.0 Å². The Labute approximate surface area is 144 Å². The number of aliphatic hydroxyl groups is 1. The summed E-state index contributed by atoms with van der Waals surface area (Å²) in [4.78, 5) is 24.3. The Bertz CT molecular complexity index is 758. The van der Waals surface area contributed by atoms with Crippen LogP contribution in [0.15, 0.2) is 6.07 Å². The average Bonchev–Trinajstić information content (AvgIpc) is 3.15. The molecular formula is C15H22N6O4. The quantitative estimate of drug-likeness (QED) is 0.645. The van der Waals surface area contributed by atoms with Crippen molar-refractivity contribution >= 4 is 11.9 Å². The number of hydrogen-bond donors (Lipinski definition) is 3. The van der Waals surface area contributed by atoms with Gasteiger partial charge in [-0.25, -0.2) is 9.67 Å². The maximum Gasteiger partial charge on any atom is 0.300 e. The van der Waals surface area contributed by atoms with Gasteiger partial charge in [0.15, 0.2) is 11.6 Å². The maximum atomic E-state index is 11.0. The molecule has 4 N–H and O–H groups in total. The summed E-state index contributed by atoms with van der Waals surface area (Å²) in [6.45, 7) is 1.32. The minimum absolute atomic E-state index is 0.0201. The van der Waals surface area contributed by atoms with E-state index in [4.69, 9.17) is 20.7 Å². The summed E-state index contributed by atoms with van der Waals surface area (Å²) in [6, 6.07) is 2.00. The third-order valence-electron chi connectivity index (χ3n) is 3.50. The van der Waals surface area contributed by atoms with Crippen LogP contribution in [-0.4, -0.2) is 53.2 Å². The highest BCUT2D eigenvalue weighted by Gasteiger charge is 2.28. The van der Waals surface area contributed by atoms with E-state index in [1.807, 2.05) is 17.8 Å². The highest BCUT2D eigenvalue weighted by Crippen LogP contribution is 2.40. The molecule has 10 nitrogen and oxygen atoms in total. The smallest absolute Gasteiger partial charge is 0.300 e. The van der Waals surface area contributed by atoms with Crippen LogP contribution >= 0.6 is 0 Å². The molecule has 136 valence electrons. The van der Waals surface area contributed by atoms with Crippen LogP contribution in [-0.2, 0) is 29.6 Å². The molecule has 0 radical (unpaired) electrons. The van der Waals surface area contributed by atoms with Crippen molar-refractivity contribution in [2.45, 2.75) is 38.6 Å². The van der Waals surface area contributed by atoms with Gasteiger partial charge in [0.25, 0.3) is 5.97 Å². The molecule has 0 unspecified atom stereocenters. The third-order valence-corrected chi connectivity index (χ3v) is 3.50. The number of amides is 1. The lowest BCUT2D eigenvalue weighted by Gasteiger charge is -2.00. The summed E-state index contributed by atoms with van der Waals surface area (Å²) < 4.78 is 3.43. The normalized spacial score (nSPS) is 13.2. The van der Waals surface area contributed by atoms with Crippen LogP contribution in [0.25, 0.3) is 11.5 Å². The number of nitrogens with zero attached hydrogens (tertiary/aromatic N) is 5. The highest BCUT2D eigenvalue weighted by atomic mass is 16.4. The third kappa shape index (κ3) is 5.11. The Morgan fingerprint density at radius 2 is 2.00 bits per heavy atom. The number of aliphatic hydroxyl groups excluding tert-OH is 1. The number of nitrogens with two attached hydrogens (primary N) is 1. The largest absolute Gasteiger partial charge is 0.481 e. The first-order chi connectivity index (χ1) is 11.8. The first kappa shape index (κ1) is 18.6. The Morgan fingerprint density at radius 3 is 2.52 bits per heavy atom. The Balaban J connectivity index is 0.000000511. The van der Waals surface area contributed by atoms with Crippen molar-refractivity contribution in [1.29, 1.82) is 0 Å². The van der Waals surface area contributed by atoms with Gasteiger partial charge in [0.2, 0.25) is 5.91 Å². The second-order valence-corrected chi connectivity index (χ2v) is 5.81. The average molecular weight is 350 g/mol. The number of aliphatic carboxylic acids is 1. The summed E-state index contributed by atoms with van der Waals surface area (Å²) >= 11 is 0. The molecule has 2 aromatic rings. The molecule has 1 aliphatic carbocycles. The number of hydrogen-bond acceptors (Lipinski definition) is 6. The van der Waals surface area contributed by atoms with Gasteiger partial charge in [0, 0.05) is 25.6 Å². The molecule has 1 amide bonds. The van der Waals surface area contributed by atoms with Gasteiger partial charge in [-0.1, -0.05) is 0 Å². The molecule has 1 fully saturated rings. The molecule has 0 saturated heterocycles. The molecule has 1 saturated carbocycles. The second-order valence-electron chi connectivity index (χ2n) is 5.81. The first-order valence-electron chi connectivity index (χ1n) is 7.88. The van der Waals surface area contributed by atoms with Crippen LogP contribution in [0.2, 0.25) is 0 Å². The fourth-order valence-electron chi connectivity index (χ4n) is 2.41. The van der Waals surface area contributed by atoms with Crippen LogP contribution in [0.1, 0.15) is 37.2 Å². The van der Waals surface area contributed by atoms with E-state index in [1.54, 1.807) is 4.68 Å². The molecule has 0 aliphatic heterocycles. The standard InChI is InChI=1S/C13H18N6O2.C2H4O2/c1-18-10(8-2-3-8)6-9(16-18)13-15-12(7-11(14)21)17-19(13)4-5-20;1-2(3)4/h6,8,20H,2-5,7H2,1H3,(H2,14,21);1H3,(H,3,4). The molecule has 1 aliphatic rings. The van der Waals surface area contributed by atoms with Crippen molar-refractivity contribution in [2.24, 2.45) is 12.8 Å². The van der Waals surface area contributed by atoms with Gasteiger partial charge in [0.05, 0.1) is 19.6 Å². The van der Waals surface area contributed by atoms with Crippen LogP contribution in [0.4, 0.5) is 0 Å². The number of aryl methyl sites for hydroxylation is 1. The number of carboxylic acid groups (broad SMARTS) is 1.